The lowest BCUT2D eigenvalue weighted by Gasteiger charge is -2.14. The first-order valence-electron chi connectivity index (χ1n) is 8.79. The Morgan fingerprint density at radius 1 is 1.11 bits per heavy atom. The zero-order valence-electron chi connectivity index (χ0n) is 15.5. The first-order valence-corrected chi connectivity index (χ1v) is 9.87. The molecule has 4 heteroatoms. The summed E-state index contributed by atoms with van der Waals surface area (Å²) in [4.78, 5) is 12.3. The van der Waals surface area contributed by atoms with Crippen LogP contribution in [-0.4, -0.2) is 5.97 Å². The average molecular weight is 472 g/mol. The second kappa shape index (κ2) is 8.57. The van der Waals surface area contributed by atoms with Gasteiger partial charge in [-0.05, 0) is 76.9 Å². The Morgan fingerprint density at radius 3 is 2.56 bits per heavy atom. The maximum atomic E-state index is 12.3. The van der Waals surface area contributed by atoms with Gasteiger partial charge < -0.3 is 9.15 Å². The lowest BCUT2D eigenvalue weighted by atomic mass is 10.0. The van der Waals surface area contributed by atoms with Crippen LogP contribution in [0.2, 0.25) is 0 Å². The Bertz CT molecular complexity index is 969. The topological polar surface area (TPSA) is 39.4 Å². The van der Waals surface area contributed by atoms with Gasteiger partial charge in [-0.3, -0.25) is 0 Å². The predicted molar refractivity (Wildman–Crippen MR) is 117 cm³/mol. The zero-order valence-corrected chi connectivity index (χ0v) is 17.7. The summed E-state index contributed by atoms with van der Waals surface area (Å²) in [6.45, 7) is 6.18. The molecule has 3 aromatic rings. The van der Waals surface area contributed by atoms with Crippen molar-refractivity contribution < 1.29 is 13.9 Å². The smallest absolute Gasteiger partial charge is 0.336 e. The largest absolute Gasteiger partial charge is 0.457 e. The van der Waals surface area contributed by atoms with Crippen molar-refractivity contribution in [2.45, 2.75) is 26.7 Å². The number of furan rings is 1. The molecule has 0 aliphatic heterocycles. The fourth-order valence-corrected chi connectivity index (χ4v) is 3.19. The van der Waals surface area contributed by atoms with E-state index in [4.69, 9.17) is 9.15 Å². The average Bonchev–Trinajstić information content (AvgIpc) is 3.12. The van der Waals surface area contributed by atoms with Crippen LogP contribution in [0, 0.1) is 10.5 Å². The Hall–Kier alpha value is -2.34. The van der Waals surface area contributed by atoms with Crippen LogP contribution in [0.5, 0.6) is 5.75 Å². The maximum absolute atomic E-state index is 12.3. The van der Waals surface area contributed by atoms with Gasteiger partial charge in [-0.15, -0.1) is 0 Å². The van der Waals surface area contributed by atoms with Crippen LogP contribution in [0.1, 0.15) is 36.7 Å². The lowest BCUT2D eigenvalue weighted by molar-refractivity contribution is -0.128. The van der Waals surface area contributed by atoms with Gasteiger partial charge in [-0.1, -0.05) is 44.2 Å². The van der Waals surface area contributed by atoms with Crippen LogP contribution in [0.25, 0.3) is 17.4 Å². The molecule has 0 spiro atoms. The molecule has 0 unspecified atom stereocenters. The van der Waals surface area contributed by atoms with Gasteiger partial charge >= 0.3 is 5.97 Å². The molecular formula is C23H21IO3. The number of rotatable bonds is 5. The molecule has 0 atom stereocenters. The number of esters is 1. The molecule has 0 bridgehead atoms. The molecule has 1 aromatic heterocycles. The summed E-state index contributed by atoms with van der Waals surface area (Å²) in [5.74, 6) is 1.83. The molecule has 0 radical (unpaired) electrons. The standard InChI is InChI=1S/C23H21IO3/c1-15(2)19-14-20(24)16(3)13-22(19)27-23(25)12-10-18-9-11-21(26-18)17-7-5-4-6-8-17/h4-15H,1-3H3/b12-10+. The van der Waals surface area contributed by atoms with Crippen LogP contribution in [0.4, 0.5) is 0 Å². The molecule has 0 saturated carbocycles. The van der Waals surface area contributed by atoms with Crippen molar-refractivity contribution in [2.24, 2.45) is 0 Å². The third kappa shape index (κ3) is 4.89. The maximum Gasteiger partial charge on any atom is 0.336 e. The summed E-state index contributed by atoms with van der Waals surface area (Å²) < 4.78 is 12.5. The molecule has 2 aromatic carbocycles. The van der Waals surface area contributed by atoms with Gasteiger partial charge in [0.25, 0.3) is 0 Å². The minimum atomic E-state index is -0.421. The second-order valence-electron chi connectivity index (χ2n) is 6.62. The summed E-state index contributed by atoms with van der Waals surface area (Å²) >= 11 is 2.30. The van der Waals surface area contributed by atoms with Crippen molar-refractivity contribution in [2.75, 3.05) is 0 Å². The third-order valence-electron chi connectivity index (χ3n) is 4.19. The van der Waals surface area contributed by atoms with Crippen molar-refractivity contribution in [3.63, 3.8) is 0 Å². The minimum absolute atomic E-state index is 0.268. The zero-order chi connectivity index (χ0) is 19.4. The normalized spacial score (nSPS) is 11.3. The SMILES string of the molecule is Cc1cc(OC(=O)/C=C/c2ccc(-c3ccccc3)o2)c(C(C)C)cc1I. The fraction of sp³-hybridized carbons (Fsp3) is 0.174. The molecule has 0 saturated heterocycles. The van der Waals surface area contributed by atoms with Crippen molar-refractivity contribution in [1.29, 1.82) is 0 Å². The van der Waals surface area contributed by atoms with Crippen molar-refractivity contribution >= 4 is 34.6 Å². The van der Waals surface area contributed by atoms with E-state index in [9.17, 15) is 4.79 Å². The number of carbonyl (C=O) groups excluding carboxylic acids is 1. The quantitative estimate of drug-likeness (QED) is 0.182. The van der Waals surface area contributed by atoms with E-state index in [1.165, 1.54) is 6.08 Å². The first kappa shape index (κ1) is 19.4. The van der Waals surface area contributed by atoms with E-state index in [1.807, 2.05) is 55.5 Å². The monoisotopic (exact) mass is 472 g/mol. The number of ether oxygens (including phenoxy) is 1. The highest BCUT2D eigenvalue weighted by Gasteiger charge is 2.13. The molecule has 27 heavy (non-hydrogen) atoms. The molecule has 0 N–H and O–H groups in total. The fourth-order valence-electron chi connectivity index (χ4n) is 2.70. The summed E-state index contributed by atoms with van der Waals surface area (Å²) in [7, 11) is 0. The Morgan fingerprint density at radius 2 is 1.85 bits per heavy atom. The number of halogens is 1. The van der Waals surface area contributed by atoms with E-state index in [1.54, 1.807) is 6.08 Å². The van der Waals surface area contributed by atoms with Gasteiger partial charge in [-0.25, -0.2) is 4.79 Å². The highest BCUT2D eigenvalue weighted by Crippen LogP contribution is 2.31. The molecule has 0 aliphatic rings. The van der Waals surface area contributed by atoms with Gasteiger partial charge in [0.05, 0.1) is 0 Å². The molecule has 0 amide bonds. The van der Waals surface area contributed by atoms with Gasteiger partial charge in [0.2, 0.25) is 0 Å². The molecule has 1 heterocycles. The predicted octanol–water partition coefficient (Wildman–Crippen LogP) is 6.60. The molecular weight excluding hydrogens is 451 g/mol. The lowest BCUT2D eigenvalue weighted by Crippen LogP contribution is -2.07. The van der Waals surface area contributed by atoms with Gasteiger partial charge in [0.1, 0.15) is 17.3 Å². The van der Waals surface area contributed by atoms with E-state index < -0.39 is 5.97 Å². The van der Waals surface area contributed by atoms with Crippen molar-refractivity contribution in [1.82, 2.24) is 0 Å². The number of aryl methyl sites for hydroxylation is 1. The summed E-state index contributed by atoms with van der Waals surface area (Å²) in [6, 6.07) is 17.6. The van der Waals surface area contributed by atoms with E-state index in [-0.39, 0.29) is 5.92 Å². The Labute approximate surface area is 173 Å². The van der Waals surface area contributed by atoms with Crippen LogP contribution in [0.15, 0.2) is 65.1 Å². The molecule has 138 valence electrons. The first-order chi connectivity index (χ1) is 12.9. The minimum Gasteiger partial charge on any atom is -0.457 e. The van der Waals surface area contributed by atoms with E-state index in [0.29, 0.717) is 11.5 Å². The van der Waals surface area contributed by atoms with Crippen LogP contribution in [-0.2, 0) is 4.79 Å². The van der Waals surface area contributed by atoms with Gasteiger partial charge in [-0.2, -0.15) is 0 Å². The van der Waals surface area contributed by atoms with Gasteiger partial charge in [0, 0.05) is 15.2 Å². The third-order valence-corrected chi connectivity index (χ3v) is 5.35. The number of benzene rings is 2. The summed E-state index contributed by atoms with van der Waals surface area (Å²) in [6.07, 6.45) is 3.02. The van der Waals surface area contributed by atoms with Crippen molar-refractivity contribution in [3.05, 3.63) is 81.1 Å². The highest BCUT2D eigenvalue weighted by molar-refractivity contribution is 14.1. The van der Waals surface area contributed by atoms with E-state index in [0.717, 1.165) is 26.0 Å². The van der Waals surface area contributed by atoms with Crippen LogP contribution >= 0.6 is 22.6 Å². The second-order valence-corrected chi connectivity index (χ2v) is 7.78. The van der Waals surface area contributed by atoms with E-state index >= 15 is 0 Å². The van der Waals surface area contributed by atoms with Crippen LogP contribution in [0.3, 0.4) is 0 Å². The summed E-state index contributed by atoms with van der Waals surface area (Å²) in [5.41, 5.74) is 3.11. The molecule has 3 rings (SSSR count). The van der Waals surface area contributed by atoms with Gasteiger partial charge in [0.15, 0.2) is 0 Å². The molecule has 0 aliphatic carbocycles. The molecule has 0 fully saturated rings. The number of carbonyl (C=O) groups is 1. The number of hydrogen-bond acceptors (Lipinski definition) is 3. The summed E-state index contributed by atoms with van der Waals surface area (Å²) in [5, 5.41) is 0. The van der Waals surface area contributed by atoms with E-state index in [2.05, 4.69) is 42.5 Å². The van der Waals surface area contributed by atoms with Crippen LogP contribution < -0.4 is 4.74 Å². The highest BCUT2D eigenvalue weighted by atomic mass is 127. The molecule has 3 nitrogen and oxygen atoms in total. The number of hydrogen-bond donors (Lipinski definition) is 0. The Balaban J connectivity index is 1.73. The van der Waals surface area contributed by atoms with Crippen molar-refractivity contribution in [3.8, 4) is 17.1 Å². The Kier molecular flexibility index (Phi) is 6.16.